The van der Waals surface area contributed by atoms with Crippen LogP contribution in [0.25, 0.3) is 11.3 Å². The molecule has 1 heterocycles. The Labute approximate surface area is 152 Å². The quantitative estimate of drug-likeness (QED) is 0.764. The summed E-state index contributed by atoms with van der Waals surface area (Å²) in [5, 5.41) is 19.2. The van der Waals surface area contributed by atoms with Crippen molar-refractivity contribution in [1.82, 2.24) is 9.55 Å². The van der Waals surface area contributed by atoms with Crippen LogP contribution in [-0.4, -0.2) is 38.0 Å². The van der Waals surface area contributed by atoms with Crippen molar-refractivity contribution in [2.24, 2.45) is 7.05 Å². The number of alkyl halides is 3. The summed E-state index contributed by atoms with van der Waals surface area (Å²) in [4.78, 5) is 15.4. The second kappa shape index (κ2) is 6.84. The van der Waals surface area contributed by atoms with E-state index in [1.807, 2.05) is 0 Å². The molecular formula is C17H18F4N2O4. The fraction of sp³-hybridized carbons (Fsp3) is 0.412. The van der Waals surface area contributed by atoms with Gasteiger partial charge >= 0.3 is 12.1 Å². The van der Waals surface area contributed by atoms with Crippen molar-refractivity contribution < 1.29 is 37.3 Å². The first-order valence-corrected chi connectivity index (χ1v) is 7.78. The van der Waals surface area contributed by atoms with Crippen LogP contribution in [0.4, 0.5) is 17.6 Å². The van der Waals surface area contributed by atoms with Gasteiger partial charge in [-0.3, -0.25) is 0 Å². The molecule has 1 aromatic carbocycles. The third-order valence-corrected chi connectivity index (χ3v) is 3.76. The zero-order valence-electron chi connectivity index (χ0n) is 14.9. The van der Waals surface area contributed by atoms with E-state index in [4.69, 9.17) is 9.84 Å². The van der Waals surface area contributed by atoms with Crippen molar-refractivity contribution in [3.05, 3.63) is 35.5 Å². The number of aryl methyl sites for hydroxylation is 1. The molecule has 0 aliphatic carbocycles. The summed E-state index contributed by atoms with van der Waals surface area (Å²) in [5.74, 6) is -3.09. The SMILES string of the molecule is C[C@H](Oc1cc(-c2cn(C)c(C(C)(C)O)n2)c(F)cc1C(=O)O)C(F)(F)F. The second-order valence-electron chi connectivity index (χ2n) is 6.55. The lowest BCUT2D eigenvalue weighted by molar-refractivity contribution is -0.189. The summed E-state index contributed by atoms with van der Waals surface area (Å²) in [6.45, 7) is 3.63. The highest BCUT2D eigenvalue weighted by Gasteiger charge is 2.39. The number of carbonyl (C=O) groups is 1. The van der Waals surface area contributed by atoms with E-state index in [1.165, 1.54) is 24.6 Å². The number of halogens is 4. The minimum absolute atomic E-state index is 0.00794. The molecule has 0 aliphatic heterocycles. The fourth-order valence-corrected chi connectivity index (χ4v) is 2.44. The predicted molar refractivity (Wildman–Crippen MR) is 87.0 cm³/mol. The number of carboxylic acid groups (broad SMARTS) is 1. The van der Waals surface area contributed by atoms with Gasteiger partial charge in [-0.05, 0) is 32.9 Å². The highest BCUT2D eigenvalue weighted by atomic mass is 19.4. The molecule has 0 amide bonds. The van der Waals surface area contributed by atoms with Crippen molar-refractivity contribution >= 4 is 5.97 Å². The van der Waals surface area contributed by atoms with Crippen molar-refractivity contribution in [3.8, 4) is 17.0 Å². The van der Waals surface area contributed by atoms with E-state index in [2.05, 4.69) is 4.98 Å². The number of hydrogen-bond donors (Lipinski definition) is 2. The van der Waals surface area contributed by atoms with E-state index in [9.17, 15) is 27.5 Å². The first-order chi connectivity index (χ1) is 12.2. The van der Waals surface area contributed by atoms with E-state index in [0.29, 0.717) is 13.0 Å². The Kier molecular flexibility index (Phi) is 5.24. The van der Waals surface area contributed by atoms with Crippen LogP contribution < -0.4 is 4.74 Å². The van der Waals surface area contributed by atoms with Crippen LogP contribution >= 0.6 is 0 Å². The molecule has 0 aliphatic rings. The molecule has 0 bridgehead atoms. The van der Waals surface area contributed by atoms with Gasteiger partial charge in [0.05, 0.1) is 5.69 Å². The number of aromatic nitrogens is 2. The third-order valence-electron chi connectivity index (χ3n) is 3.76. The molecule has 148 valence electrons. The smallest absolute Gasteiger partial charge is 0.425 e. The molecule has 0 unspecified atom stereocenters. The van der Waals surface area contributed by atoms with Gasteiger partial charge in [0.1, 0.15) is 28.6 Å². The zero-order chi connectivity index (χ0) is 20.7. The Balaban J connectivity index is 2.59. The van der Waals surface area contributed by atoms with Crippen molar-refractivity contribution in [3.63, 3.8) is 0 Å². The third kappa shape index (κ3) is 4.38. The minimum atomic E-state index is -4.73. The Bertz CT molecular complexity index is 869. The Morgan fingerprint density at radius 1 is 1.30 bits per heavy atom. The molecule has 2 aromatic rings. The summed E-state index contributed by atoms with van der Waals surface area (Å²) >= 11 is 0. The molecule has 27 heavy (non-hydrogen) atoms. The van der Waals surface area contributed by atoms with Gasteiger partial charge in [0.2, 0.25) is 0 Å². The van der Waals surface area contributed by atoms with Gasteiger partial charge in [0, 0.05) is 18.8 Å². The van der Waals surface area contributed by atoms with Crippen molar-refractivity contribution in [2.75, 3.05) is 0 Å². The zero-order valence-corrected chi connectivity index (χ0v) is 14.9. The molecule has 0 spiro atoms. The first-order valence-electron chi connectivity index (χ1n) is 7.78. The molecule has 6 nitrogen and oxygen atoms in total. The standard InChI is InChI=1S/C17H18F4N2O4/c1-8(17(19,20)21)27-13-6-9(11(18)5-10(13)14(24)25)12-7-23(4)15(22-12)16(2,3)26/h5-8,26H,1-4H3,(H,24,25)/t8-/m0/s1. The summed E-state index contributed by atoms with van der Waals surface area (Å²) in [6.07, 6.45) is -5.67. The van der Waals surface area contributed by atoms with Gasteiger partial charge in [-0.2, -0.15) is 13.2 Å². The highest BCUT2D eigenvalue weighted by Crippen LogP contribution is 2.34. The lowest BCUT2D eigenvalue weighted by Crippen LogP contribution is -2.31. The van der Waals surface area contributed by atoms with Crippen LogP contribution in [-0.2, 0) is 12.6 Å². The van der Waals surface area contributed by atoms with Gasteiger partial charge in [0.15, 0.2) is 6.10 Å². The van der Waals surface area contributed by atoms with Crippen LogP contribution in [0.5, 0.6) is 5.75 Å². The molecule has 0 fully saturated rings. The largest absolute Gasteiger partial charge is 0.480 e. The van der Waals surface area contributed by atoms with E-state index >= 15 is 0 Å². The van der Waals surface area contributed by atoms with E-state index in [1.54, 1.807) is 7.05 Å². The topological polar surface area (TPSA) is 84.6 Å². The summed E-state index contributed by atoms with van der Waals surface area (Å²) in [6, 6.07) is 1.44. The predicted octanol–water partition coefficient (Wildman–Crippen LogP) is 3.48. The number of rotatable bonds is 5. The normalized spacial score (nSPS) is 13.5. The molecule has 10 heteroatoms. The summed E-state index contributed by atoms with van der Waals surface area (Å²) < 4.78 is 58.9. The molecule has 0 saturated heterocycles. The number of nitrogens with zero attached hydrogens (tertiary/aromatic N) is 2. The fourth-order valence-electron chi connectivity index (χ4n) is 2.44. The molecular weight excluding hydrogens is 372 g/mol. The Hall–Kier alpha value is -2.62. The second-order valence-corrected chi connectivity index (χ2v) is 6.55. The molecule has 2 rings (SSSR count). The van der Waals surface area contributed by atoms with E-state index in [0.717, 1.165) is 6.07 Å². The molecule has 1 atom stereocenters. The lowest BCUT2D eigenvalue weighted by atomic mass is 10.1. The lowest BCUT2D eigenvalue weighted by Gasteiger charge is -2.19. The average Bonchev–Trinajstić information content (AvgIpc) is 2.89. The van der Waals surface area contributed by atoms with E-state index < -0.39 is 41.0 Å². The molecule has 0 radical (unpaired) electrons. The monoisotopic (exact) mass is 390 g/mol. The van der Waals surface area contributed by atoms with Crippen molar-refractivity contribution in [1.29, 1.82) is 0 Å². The van der Waals surface area contributed by atoms with Gasteiger partial charge in [-0.15, -0.1) is 0 Å². The number of ether oxygens (including phenoxy) is 1. The Morgan fingerprint density at radius 2 is 1.89 bits per heavy atom. The number of carboxylic acids is 1. The van der Waals surface area contributed by atoms with Gasteiger partial charge in [-0.25, -0.2) is 14.2 Å². The molecule has 2 N–H and O–H groups in total. The summed E-state index contributed by atoms with van der Waals surface area (Å²) in [7, 11) is 1.55. The molecule has 0 saturated carbocycles. The minimum Gasteiger partial charge on any atom is -0.480 e. The summed E-state index contributed by atoms with van der Waals surface area (Å²) in [5.41, 5.74) is -2.34. The van der Waals surface area contributed by atoms with Gasteiger partial charge in [-0.1, -0.05) is 0 Å². The van der Waals surface area contributed by atoms with Gasteiger partial charge in [0.25, 0.3) is 0 Å². The van der Waals surface area contributed by atoms with Crippen LogP contribution in [0, 0.1) is 5.82 Å². The maximum atomic E-state index is 14.4. The maximum absolute atomic E-state index is 14.4. The van der Waals surface area contributed by atoms with Crippen molar-refractivity contribution in [2.45, 2.75) is 38.7 Å². The maximum Gasteiger partial charge on any atom is 0.425 e. The van der Waals surface area contributed by atoms with Gasteiger partial charge < -0.3 is 19.5 Å². The van der Waals surface area contributed by atoms with Crippen LogP contribution in [0.3, 0.4) is 0 Å². The van der Waals surface area contributed by atoms with Crippen LogP contribution in [0.2, 0.25) is 0 Å². The van der Waals surface area contributed by atoms with E-state index in [-0.39, 0.29) is 17.1 Å². The number of aromatic carboxylic acids is 1. The number of hydrogen-bond acceptors (Lipinski definition) is 4. The number of imidazole rings is 1. The average molecular weight is 390 g/mol. The van der Waals surface area contributed by atoms with Crippen LogP contribution in [0.1, 0.15) is 37.0 Å². The number of aliphatic hydroxyl groups is 1. The highest BCUT2D eigenvalue weighted by molar-refractivity contribution is 5.92. The Morgan fingerprint density at radius 3 is 2.33 bits per heavy atom. The first kappa shape index (κ1) is 20.7. The number of benzene rings is 1. The van der Waals surface area contributed by atoms with Crippen LogP contribution in [0.15, 0.2) is 18.3 Å². The molecule has 1 aromatic heterocycles.